The van der Waals surface area contributed by atoms with Gasteiger partial charge in [0.1, 0.15) is 16.2 Å². The lowest BCUT2D eigenvalue weighted by molar-refractivity contribution is 0.913. The molecule has 1 N–H and O–H groups in total. The van der Waals surface area contributed by atoms with Crippen LogP contribution in [0.5, 0.6) is 0 Å². The summed E-state index contributed by atoms with van der Waals surface area (Å²) in [6.07, 6.45) is 2.48. The molecule has 70 valence electrons. The third-order valence-electron chi connectivity index (χ3n) is 2.01. The molecule has 0 bridgehead atoms. The fraction of sp³-hybridized carbons (Fsp3) is 0.556. The van der Waals surface area contributed by atoms with Crippen LogP contribution < -0.4 is 5.32 Å². The molecule has 1 aliphatic carbocycles. The van der Waals surface area contributed by atoms with Crippen LogP contribution in [-0.2, 0) is 0 Å². The summed E-state index contributed by atoms with van der Waals surface area (Å²) in [5.74, 6) is 2.51. The van der Waals surface area contributed by atoms with Gasteiger partial charge in [-0.15, -0.1) is 0 Å². The molecule has 1 fully saturated rings. The Labute approximate surface area is 86.1 Å². The molecular formula is C9H12BrN3. The number of anilines is 1. The zero-order valence-electron chi connectivity index (χ0n) is 7.55. The minimum Gasteiger partial charge on any atom is -0.370 e. The first kappa shape index (κ1) is 8.94. The molecule has 0 atom stereocenters. The predicted molar refractivity (Wildman–Crippen MR) is 55.9 cm³/mol. The van der Waals surface area contributed by atoms with Crippen molar-refractivity contribution in [2.45, 2.75) is 25.7 Å². The van der Waals surface area contributed by atoms with E-state index in [0.29, 0.717) is 5.92 Å². The maximum atomic E-state index is 4.43. The van der Waals surface area contributed by atoms with Gasteiger partial charge in [0.15, 0.2) is 0 Å². The van der Waals surface area contributed by atoms with Gasteiger partial charge >= 0.3 is 0 Å². The fourth-order valence-electron chi connectivity index (χ4n) is 1.23. The maximum Gasteiger partial charge on any atom is 0.135 e. The van der Waals surface area contributed by atoms with Crippen molar-refractivity contribution in [1.29, 1.82) is 0 Å². The Morgan fingerprint density at radius 3 is 2.92 bits per heavy atom. The number of hydrogen-bond acceptors (Lipinski definition) is 3. The Hall–Kier alpha value is -0.640. The molecule has 3 nitrogen and oxygen atoms in total. The molecule has 0 spiro atoms. The lowest BCUT2D eigenvalue weighted by atomic mass is 10.4. The summed E-state index contributed by atoms with van der Waals surface area (Å²) < 4.78 is 0.875. The van der Waals surface area contributed by atoms with Crippen LogP contribution in [-0.4, -0.2) is 16.5 Å². The second kappa shape index (κ2) is 3.62. The molecule has 1 aliphatic rings. The van der Waals surface area contributed by atoms with Gasteiger partial charge in [-0.3, -0.25) is 0 Å². The summed E-state index contributed by atoms with van der Waals surface area (Å²) in [5, 5.41) is 3.19. The first-order chi connectivity index (χ1) is 6.29. The first-order valence-electron chi connectivity index (χ1n) is 4.58. The molecule has 4 heteroatoms. The van der Waals surface area contributed by atoms with Crippen molar-refractivity contribution in [2.75, 3.05) is 11.9 Å². The number of rotatable bonds is 3. The minimum atomic E-state index is 0.606. The van der Waals surface area contributed by atoms with Gasteiger partial charge in [0.25, 0.3) is 0 Å². The molecule has 1 heterocycles. The Kier molecular flexibility index (Phi) is 2.49. The van der Waals surface area contributed by atoms with E-state index >= 15 is 0 Å². The Morgan fingerprint density at radius 2 is 2.31 bits per heavy atom. The monoisotopic (exact) mass is 241 g/mol. The van der Waals surface area contributed by atoms with Crippen molar-refractivity contribution >= 4 is 21.7 Å². The summed E-state index contributed by atoms with van der Waals surface area (Å²) in [4.78, 5) is 8.78. The summed E-state index contributed by atoms with van der Waals surface area (Å²) in [5.41, 5.74) is 0. The number of nitrogens with one attached hydrogen (secondary N) is 1. The smallest absolute Gasteiger partial charge is 0.135 e. The standard InChI is InChI=1S/C9H12BrN3/c1-2-11-8-5-7(10)12-9(13-8)6-3-4-6/h5-6H,2-4H2,1H3,(H,11,12,13). The van der Waals surface area contributed by atoms with Crippen molar-refractivity contribution in [2.24, 2.45) is 0 Å². The van der Waals surface area contributed by atoms with Gasteiger partial charge in [0.05, 0.1) is 0 Å². The van der Waals surface area contributed by atoms with E-state index in [1.807, 2.05) is 6.07 Å². The molecule has 0 unspecified atom stereocenters. The highest BCUT2D eigenvalue weighted by Gasteiger charge is 2.27. The second-order valence-corrected chi connectivity index (χ2v) is 4.05. The molecule has 0 aromatic carbocycles. The van der Waals surface area contributed by atoms with Gasteiger partial charge in [0.2, 0.25) is 0 Å². The Balaban J connectivity index is 2.25. The van der Waals surface area contributed by atoms with Crippen LogP contribution in [0.2, 0.25) is 0 Å². The van der Waals surface area contributed by atoms with E-state index in [9.17, 15) is 0 Å². The Morgan fingerprint density at radius 1 is 1.54 bits per heavy atom. The molecule has 2 rings (SSSR count). The van der Waals surface area contributed by atoms with E-state index in [0.717, 1.165) is 22.8 Å². The highest BCUT2D eigenvalue weighted by Crippen LogP contribution is 2.38. The van der Waals surface area contributed by atoms with Crippen LogP contribution in [0.4, 0.5) is 5.82 Å². The van der Waals surface area contributed by atoms with Gasteiger partial charge in [-0.25, -0.2) is 9.97 Å². The van der Waals surface area contributed by atoms with Crippen LogP contribution >= 0.6 is 15.9 Å². The van der Waals surface area contributed by atoms with E-state index in [2.05, 4.69) is 38.1 Å². The van der Waals surface area contributed by atoms with Crippen LogP contribution in [0, 0.1) is 0 Å². The number of halogens is 1. The second-order valence-electron chi connectivity index (χ2n) is 3.24. The minimum absolute atomic E-state index is 0.606. The van der Waals surface area contributed by atoms with E-state index in [1.165, 1.54) is 12.8 Å². The van der Waals surface area contributed by atoms with E-state index in [1.54, 1.807) is 0 Å². The van der Waals surface area contributed by atoms with Crippen molar-refractivity contribution in [1.82, 2.24) is 9.97 Å². The van der Waals surface area contributed by atoms with E-state index in [-0.39, 0.29) is 0 Å². The van der Waals surface area contributed by atoms with Gasteiger partial charge in [-0.1, -0.05) is 0 Å². The van der Waals surface area contributed by atoms with E-state index in [4.69, 9.17) is 0 Å². The molecule has 13 heavy (non-hydrogen) atoms. The fourth-order valence-corrected chi connectivity index (χ4v) is 1.63. The highest BCUT2D eigenvalue weighted by molar-refractivity contribution is 9.10. The SMILES string of the molecule is CCNc1cc(Br)nc(C2CC2)n1. The predicted octanol–water partition coefficient (Wildman–Crippen LogP) is 2.55. The zero-order valence-corrected chi connectivity index (χ0v) is 9.13. The van der Waals surface area contributed by atoms with Crippen LogP contribution in [0.3, 0.4) is 0 Å². The average molecular weight is 242 g/mol. The highest BCUT2D eigenvalue weighted by atomic mass is 79.9. The van der Waals surface area contributed by atoms with Gasteiger partial charge < -0.3 is 5.32 Å². The first-order valence-corrected chi connectivity index (χ1v) is 5.37. The molecule has 0 radical (unpaired) electrons. The van der Waals surface area contributed by atoms with Crippen molar-refractivity contribution in [3.05, 3.63) is 16.5 Å². The average Bonchev–Trinajstić information content (AvgIpc) is 2.85. The van der Waals surface area contributed by atoms with Crippen molar-refractivity contribution in [3.63, 3.8) is 0 Å². The molecule has 0 amide bonds. The molecule has 0 saturated heterocycles. The number of nitrogens with zero attached hydrogens (tertiary/aromatic N) is 2. The summed E-state index contributed by atoms with van der Waals surface area (Å²) in [6, 6.07) is 1.91. The number of hydrogen-bond donors (Lipinski definition) is 1. The third-order valence-corrected chi connectivity index (χ3v) is 2.42. The summed E-state index contributed by atoms with van der Waals surface area (Å²) >= 11 is 3.39. The van der Waals surface area contributed by atoms with Crippen molar-refractivity contribution < 1.29 is 0 Å². The molecule has 0 aliphatic heterocycles. The van der Waals surface area contributed by atoms with E-state index < -0.39 is 0 Å². The normalized spacial score (nSPS) is 15.8. The lowest BCUT2D eigenvalue weighted by Gasteiger charge is -2.04. The zero-order chi connectivity index (χ0) is 9.26. The topological polar surface area (TPSA) is 37.8 Å². The lowest BCUT2D eigenvalue weighted by Crippen LogP contribution is -2.02. The molecule has 1 saturated carbocycles. The Bertz CT molecular complexity index is 310. The molecule has 1 aromatic rings. The molecular weight excluding hydrogens is 230 g/mol. The van der Waals surface area contributed by atoms with Crippen LogP contribution in [0.1, 0.15) is 31.5 Å². The van der Waals surface area contributed by atoms with Gasteiger partial charge in [0, 0.05) is 18.5 Å². The van der Waals surface area contributed by atoms with Crippen LogP contribution in [0.15, 0.2) is 10.7 Å². The van der Waals surface area contributed by atoms with Crippen LogP contribution in [0.25, 0.3) is 0 Å². The summed E-state index contributed by atoms with van der Waals surface area (Å²) in [7, 11) is 0. The van der Waals surface area contributed by atoms with Crippen molar-refractivity contribution in [3.8, 4) is 0 Å². The summed E-state index contributed by atoms with van der Waals surface area (Å²) in [6.45, 7) is 2.96. The third kappa shape index (κ3) is 2.18. The molecule has 1 aromatic heterocycles. The quantitative estimate of drug-likeness (QED) is 0.827. The van der Waals surface area contributed by atoms with Gasteiger partial charge in [-0.2, -0.15) is 0 Å². The maximum absolute atomic E-state index is 4.43. The van der Waals surface area contributed by atoms with Gasteiger partial charge in [-0.05, 0) is 35.7 Å². The number of aromatic nitrogens is 2. The largest absolute Gasteiger partial charge is 0.370 e.